The number of halogens is 1. The largest absolute Gasteiger partial charge is 0.383 e. The minimum atomic E-state index is 0. The first-order valence-corrected chi connectivity index (χ1v) is 10.4. The van der Waals surface area contributed by atoms with Gasteiger partial charge in [0.25, 0.3) is 0 Å². The molecule has 154 valence electrons. The van der Waals surface area contributed by atoms with Crippen LogP contribution in [-0.2, 0) is 4.74 Å². The van der Waals surface area contributed by atoms with Crippen molar-refractivity contribution in [1.82, 2.24) is 15.5 Å². The number of methoxy groups -OCH3 is 1. The predicted molar refractivity (Wildman–Crippen MR) is 122 cm³/mol. The maximum absolute atomic E-state index is 5.19. The van der Waals surface area contributed by atoms with Gasteiger partial charge in [0, 0.05) is 33.3 Å². The molecule has 2 aliphatic rings. The highest BCUT2D eigenvalue weighted by molar-refractivity contribution is 14.0. The van der Waals surface area contributed by atoms with E-state index in [9.17, 15) is 0 Å². The molecule has 2 rings (SSSR count). The first-order valence-electron chi connectivity index (χ1n) is 10.4. The van der Waals surface area contributed by atoms with Gasteiger partial charge >= 0.3 is 0 Å². The number of rotatable bonds is 9. The zero-order valence-corrected chi connectivity index (χ0v) is 19.5. The van der Waals surface area contributed by atoms with Crippen molar-refractivity contribution in [3.63, 3.8) is 0 Å². The summed E-state index contributed by atoms with van der Waals surface area (Å²) >= 11 is 0. The fourth-order valence-corrected chi connectivity index (χ4v) is 4.21. The first-order chi connectivity index (χ1) is 12.2. The molecule has 0 amide bonds. The van der Waals surface area contributed by atoms with Crippen LogP contribution in [0, 0.1) is 11.3 Å². The van der Waals surface area contributed by atoms with Gasteiger partial charge in [0.05, 0.1) is 6.61 Å². The summed E-state index contributed by atoms with van der Waals surface area (Å²) in [6.45, 7) is 11.7. The van der Waals surface area contributed by atoms with Crippen LogP contribution in [-0.4, -0.2) is 63.8 Å². The number of guanidine groups is 1. The van der Waals surface area contributed by atoms with Crippen LogP contribution < -0.4 is 10.6 Å². The van der Waals surface area contributed by atoms with Crippen LogP contribution in [0.3, 0.4) is 0 Å². The summed E-state index contributed by atoms with van der Waals surface area (Å²) < 4.78 is 5.19. The summed E-state index contributed by atoms with van der Waals surface area (Å²) in [6, 6.07) is 0. The van der Waals surface area contributed by atoms with Crippen LogP contribution in [0.1, 0.15) is 58.8 Å². The van der Waals surface area contributed by atoms with Gasteiger partial charge in [0.1, 0.15) is 0 Å². The molecule has 1 saturated heterocycles. The molecule has 0 unspecified atom stereocenters. The molecule has 0 aromatic heterocycles. The second kappa shape index (κ2) is 13.2. The van der Waals surface area contributed by atoms with E-state index < -0.39 is 0 Å². The van der Waals surface area contributed by atoms with Crippen molar-refractivity contribution in [2.75, 3.05) is 53.0 Å². The van der Waals surface area contributed by atoms with Crippen LogP contribution in [0.4, 0.5) is 0 Å². The van der Waals surface area contributed by atoms with E-state index in [0.717, 1.165) is 44.7 Å². The summed E-state index contributed by atoms with van der Waals surface area (Å²) in [7, 11) is 1.78. The molecule has 0 atom stereocenters. The molecular formula is C20H41IN4O. The average molecular weight is 480 g/mol. The molecule has 0 aromatic rings. The van der Waals surface area contributed by atoms with Gasteiger partial charge in [-0.05, 0) is 63.5 Å². The van der Waals surface area contributed by atoms with Gasteiger partial charge in [-0.1, -0.05) is 19.8 Å². The van der Waals surface area contributed by atoms with Crippen molar-refractivity contribution in [2.45, 2.75) is 58.8 Å². The molecule has 6 heteroatoms. The fraction of sp³-hybridized carbons (Fsp3) is 0.950. The second-order valence-corrected chi connectivity index (χ2v) is 7.91. The van der Waals surface area contributed by atoms with Crippen LogP contribution in [0.15, 0.2) is 4.99 Å². The van der Waals surface area contributed by atoms with E-state index in [1.165, 1.54) is 58.0 Å². The lowest BCUT2D eigenvalue weighted by Gasteiger charge is -2.32. The number of piperidine rings is 1. The standard InChI is InChI=1S/C20H40N4O.HI/c1-4-20(10-6-7-11-20)17-23-19(21-5-2)22-16-18-8-12-24(13-9-18)14-15-25-3;/h18H,4-17H2,1-3H3,(H2,21,22,23);1H. The zero-order valence-electron chi connectivity index (χ0n) is 17.2. The lowest BCUT2D eigenvalue weighted by Crippen LogP contribution is -2.43. The zero-order chi connectivity index (χ0) is 18.0. The normalized spacial score (nSPS) is 21.4. The lowest BCUT2D eigenvalue weighted by atomic mass is 9.84. The molecular weight excluding hydrogens is 439 g/mol. The van der Waals surface area contributed by atoms with E-state index in [-0.39, 0.29) is 24.0 Å². The van der Waals surface area contributed by atoms with Crippen molar-refractivity contribution in [3.8, 4) is 0 Å². The van der Waals surface area contributed by atoms with E-state index >= 15 is 0 Å². The SMILES string of the molecule is CCNC(=NCC1(CC)CCCC1)NCC1CCN(CCOC)CC1.I. The van der Waals surface area contributed by atoms with E-state index in [1.54, 1.807) is 7.11 Å². The number of nitrogens with zero attached hydrogens (tertiary/aromatic N) is 2. The van der Waals surface area contributed by atoms with Gasteiger partial charge in [0.2, 0.25) is 0 Å². The maximum Gasteiger partial charge on any atom is 0.191 e. The quantitative estimate of drug-likeness (QED) is 0.302. The average Bonchev–Trinajstić information content (AvgIpc) is 3.12. The number of aliphatic imine (C=N–C) groups is 1. The Kier molecular flexibility index (Phi) is 12.1. The molecule has 2 fully saturated rings. The highest BCUT2D eigenvalue weighted by atomic mass is 127. The third-order valence-electron chi connectivity index (χ3n) is 6.21. The Labute approximate surface area is 178 Å². The summed E-state index contributed by atoms with van der Waals surface area (Å²) in [5, 5.41) is 7.05. The van der Waals surface area contributed by atoms with Gasteiger partial charge in [-0.3, -0.25) is 4.99 Å². The number of likely N-dealkylation sites (tertiary alicyclic amines) is 1. The summed E-state index contributed by atoms with van der Waals surface area (Å²) in [6.07, 6.45) is 9.28. The van der Waals surface area contributed by atoms with Crippen LogP contribution >= 0.6 is 24.0 Å². The molecule has 1 heterocycles. The van der Waals surface area contributed by atoms with E-state index in [1.807, 2.05) is 0 Å². The smallest absolute Gasteiger partial charge is 0.191 e. The van der Waals surface area contributed by atoms with E-state index in [0.29, 0.717) is 5.41 Å². The monoisotopic (exact) mass is 480 g/mol. The Morgan fingerprint density at radius 3 is 2.42 bits per heavy atom. The molecule has 5 nitrogen and oxygen atoms in total. The Bertz CT molecular complexity index is 391. The van der Waals surface area contributed by atoms with Gasteiger partial charge in [-0.25, -0.2) is 0 Å². The minimum Gasteiger partial charge on any atom is -0.383 e. The molecule has 26 heavy (non-hydrogen) atoms. The number of hydrogen-bond acceptors (Lipinski definition) is 3. The first kappa shape index (κ1) is 24.0. The number of hydrogen-bond donors (Lipinski definition) is 2. The predicted octanol–water partition coefficient (Wildman–Crippen LogP) is 3.49. The van der Waals surface area contributed by atoms with E-state index in [4.69, 9.17) is 9.73 Å². The lowest BCUT2D eigenvalue weighted by molar-refractivity contribution is 0.121. The second-order valence-electron chi connectivity index (χ2n) is 7.91. The van der Waals surface area contributed by atoms with Crippen molar-refractivity contribution in [1.29, 1.82) is 0 Å². The minimum absolute atomic E-state index is 0. The van der Waals surface area contributed by atoms with Crippen molar-refractivity contribution < 1.29 is 4.74 Å². The molecule has 0 spiro atoms. The molecule has 1 aliphatic carbocycles. The molecule has 0 aromatic carbocycles. The van der Waals surface area contributed by atoms with Gasteiger partial charge < -0.3 is 20.3 Å². The highest BCUT2D eigenvalue weighted by Crippen LogP contribution is 2.41. The molecule has 1 aliphatic heterocycles. The maximum atomic E-state index is 5.19. The van der Waals surface area contributed by atoms with Crippen molar-refractivity contribution >= 4 is 29.9 Å². The van der Waals surface area contributed by atoms with Crippen LogP contribution in [0.5, 0.6) is 0 Å². The third kappa shape index (κ3) is 7.89. The molecule has 1 saturated carbocycles. The Hall–Kier alpha value is -0.0800. The topological polar surface area (TPSA) is 48.9 Å². The summed E-state index contributed by atoms with van der Waals surface area (Å²) in [5.74, 6) is 1.78. The summed E-state index contributed by atoms with van der Waals surface area (Å²) in [4.78, 5) is 7.46. The fourth-order valence-electron chi connectivity index (χ4n) is 4.21. The molecule has 2 N–H and O–H groups in total. The van der Waals surface area contributed by atoms with Gasteiger partial charge in [0.15, 0.2) is 5.96 Å². The number of ether oxygens (including phenoxy) is 1. The summed E-state index contributed by atoms with van der Waals surface area (Å²) in [5.41, 5.74) is 0.467. The number of nitrogens with one attached hydrogen (secondary N) is 2. The van der Waals surface area contributed by atoms with Crippen molar-refractivity contribution in [2.24, 2.45) is 16.3 Å². The molecule has 0 radical (unpaired) electrons. The Morgan fingerprint density at radius 2 is 1.85 bits per heavy atom. The van der Waals surface area contributed by atoms with Crippen LogP contribution in [0.2, 0.25) is 0 Å². The Balaban J connectivity index is 0.00000338. The third-order valence-corrected chi connectivity index (χ3v) is 6.21. The van der Waals surface area contributed by atoms with Crippen LogP contribution in [0.25, 0.3) is 0 Å². The van der Waals surface area contributed by atoms with E-state index in [2.05, 4.69) is 29.4 Å². The Morgan fingerprint density at radius 1 is 1.15 bits per heavy atom. The van der Waals surface area contributed by atoms with Gasteiger partial charge in [-0.15, -0.1) is 24.0 Å². The van der Waals surface area contributed by atoms with Crippen molar-refractivity contribution in [3.05, 3.63) is 0 Å². The highest BCUT2D eigenvalue weighted by Gasteiger charge is 2.31. The molecule has 0 bridgehead atoms. The van der Waals surface area contributed by atoms with Gasteiger partial charge in [-0.2, -0.15) is 0 Å².